The van der Waals surface area contributed by atoms with Gasteiger partial charge in [0.05, 0.1) is 0 Å². The molecule has 0 aliphatic rings. The van der Waals surface area contributed by atoms with E-state index in [0.29, 0.717) is 5.57 Å². The van der Waals surface area contributed by atoms with Gasteiger partial charge in [0.25, 0.3) is 0 Å². The van der Waals surface area contributed by atoms with E-state index in [1.807, 2.05) is 0 Å². The van der Waals surface area contributed by atoms with E-state index in [9.17, 15) is 12.8 Å². The Morgan fingerprint density at radius 2 is 2.19 bits per heavy atom. The van der Waals surface area contributed by atoms with Crippen molar-refractivity contribution in [3.63, 3.8) is 0 Å². The van der Waals surface area contributed by atoms with Crippen molar-refractivity contribution in [3.05, 3.63) is 36.2 Å². The SMILES string of the molecule is C=C(C)CNS(=O)(=O)c1ccc(N)cc1F. The molecule has 0 aliphatic heterocycles. The molecule has 1 rings (SSSR count). The lowest BCUT2D eigenvalue weighted by atomic mass is 10.3. The van der Waals surface area contributed by atoms with Crippen LogP contribution in [0.1, 0.15) is 6.92 Å². The number of benzene rings is 1. The number of rotatable bonds is 4. The van der Waals surface area contributed by atoms with Crippen LogP contribution < -0.4 is 10.5 Å². The molecular formula is C10H13FN2O2S. The van der Waals surface area contributed by atoms with Gasteiger partial charge in [-0.1, -0.05) is 12.2 Å². The normalized spacial score (nSPS) is 11.4. The minimum Gasteiger partial charge on any atom is -0.399 e. The van der Waals surface area contributed by atoms with E-state index in [-0.39, 0.29) is 12.2 Å². The van der Waals surface area contributed by atoms with E-state index in [2.05, 4.69) is 11.3 Å². The smallest absolute Gasteiger partial charge is 0.243 e. The third kappa shape index (κ3) is 3.04. The van der Waals surface area contributed by atoms with Crippen molar-refractivity contribution in [2.45, 2.75) is 11.8 Å². The van der Waals surface area contributed by atoms with Crippen LogP contribution in [0.2, 0.25) is 0 Å². The highest BCUT2D eigenvalue weighted by Gasteiger charge is 2.18. The molecular weight excluding hydrogens is 231 g/mol. The van der Waals surface area contributed by atoms with Gasteiger partial charge in [0, 0.05) is 12.2 Å². The molecule has 0 heterocycles. The molecule has 0 aromatic heterocycles. The predicted molar refractivity (Wildman–Crippen MR) is 60.8 cm³/mol. The molecule has 0 saturated carbocycles. The van der Waals surface area contributed by atoms with E-state index >= 15 is 0 Å². The van der Waals surface area contributed by atoms with E-state index in [1.165, 1.54) is 6.07 Å². The van der Waals surface area contributed by atoms with Crippen LogP contribution in [0, 0.1) is 5.82 Å². The molecule has 6 heteroatoms. The van der Waals surface area contributed by atoms with Crippen LogP contribution >= 0.6 is 0 Å². The average Bonchev–Trinajstić information content (AvgIpc) is 2.14. The molecule has 0 radical (unpaired) electrons. The second-order valence-corrected chi connectivity index (χ2v) is 5.21. The molecule has 4 nitrogen and oxygen atoms in total. The summed E-state index contributed by atoms with van der Waals surface area (Å²) < 4.78 is 38.8. The first kappa shape index (κ1) is 12.7. The Labute approximate surface area is 94.0 Å². The minimum absolute atomic E-state index is 0.0755. The molecule has 16 heavy (non-hydrogen) atoms. The highest BCUT2D eigenvalue weighted by molar-refractivity contribution is 7.89. The molecule has 0 amide bonds. The van der Waals surface area contributed by atoms with E-state index in [4.69, 9.17) is 5.73 Å². The number of anilines is 1. The second kappa shape index (κ2) is 4.63. The maximum absolute atomic E-state index is 13.3. The summed E-state index contributed by atoms with van der Waals surface area (Å²) in [6, 6.07) is 3.43. The van der Waals surface area contributed by atoms with Crippen molar-refractivity contribution in [1.29, 1.82) is 0 Å². The summed E-state index contributed by atoms with van der Waals surface area (Å²) in [7, 11) is -3.84. The van der Waals surface area contributed by atoms with Crippen LogP contribution in [-0.4, -0.2) is 15.0 Å². The Morgan fingerprint density at radius 3 is 2.69 bits per heavy atom. The number of hydrogen-bond donors (Lipinski definition) is 2. The molecule has 1 aromatic rings. The van der Waals surface area contributed by atoms with E-state index in [0.717, 1.165) is 12.1 Å². The van der Waals surface area contributed by atoms with Crippen molar-refractivity contribution in [2.24, 2.45) is 0 Å². The zero-order valence-electron chi connectivity index (χ0n) is 8.83. The van der Waals surface area contributed by atoms with Crippen molar-refractivity contribution in [2.75, 3.05) is 12.3 Å². The van der Waals surface area contributed by atoms with Crippen LogP contribution in [0.4, 0.5) is 10.1 Å². The van der Waals surface area contributed by atoms with Gasteiger partial charge in [-0.3, -0.25) is 0 Å². The Hall–Kier alpha value is -1.40. The molecule has 0 bridgehead atoms. The summed E-state index contributed by atoms with van der Waals surface area (Å²) in [5, 5.41) is 0. The van der Waals surface area contributed by atoms with Gasteiger partial charge in [0.15, 0.2) is 0 Å². The molecule has 0 saturated heterocycles. The zero-order chi connectivity index (χ0) is 12.3. The first-order valence-electron chi connectivity index (χ1n) is 4.52. The van der Waals surface area contributed by atoms with Gasteiger partial charge >= 0.3 is 0 Å². The number of halogens is 1. The van der Waals surface area contributed by atoms with Crippen molar-refractivity contribution < 1.29 is 12.8 Å². The molecule has 0 fully saturated rings. The highest BCUT2D eigenvalue weighted by Crippen LogP contribution is 2.16. The number of hydrogen-bond acceptors (Lipinski definition) is 3. The standard InChI is InChI=1S/C10H13FN2O2S/c1-7(2)6-13-16(14,15)10-4-3-8(12)5-9(10)11/h3-5,13H,1,6,12H2,2H3. The van der Waals surface area contributed by atoms with E-state index in [1.54, 1.807) is 6.92 Å². The Balaban J connectivity index is 3.03. The minimum atomic E-state index is -3.84. The van der Waals surface area contributed by atoms with Gasteiger partial charge in [-0.25, -0.2) is 17.5 Å². The number of sulfonamides is 1. The van der Waals surface area contributed by atoms with Gasteiger partial charge in [0.2, 0.25) is 10.0 Å². The average molecular weight is 244 g/mol. The Morgan fingerprint density at radius 1 is 1.56 bits per heavy atom. The quantitative estimate of drug-likeness (QED) is 0.618. The highest BCUT2D eigenvalue weighted by atomic mass is 32.2. The van der Waals surface area contributed by atoms with Crippen molar-refractivity contribution in [1.82, 2.24) is 4.72 Å². The monoisotopic (exact) mass is 244 g/mol. The summed E-state index contributed by atoms with van der Waals surface area (Å²) >= 11 is 0. The lowest BCUT2D eigenvalue weighted by Crippen LogP contribution is -2.26. The molecule has 0 unspecified atom stereocenters. The van der Waals surface area contributed by atoms with Crippen LogP contribution in [0.15, 0.2) is 35.2 Å². The predicted octanol–water partition coefficient (Wildman–Crippen LogP) is 1.26. The lowest BCUT2D eigenvalue weighted by molar-refractivity contribution is 0.559. The number of nitrogens with one attached hydrogen (secondary N) is 1. The lowest BCUT2D eigenvalue weighted by Gasteiger charge is -2.07. The fourth-order valence-electron chi connectivity index (χ4n) is 1.03. The van der Waals surface area contributed by atoms with Gasteiger partial charge in [-0.15, -0.1) is 0 Å². The summed E-state index contributed by atoms with van der Waals surface area (Å²) in [6.45, 7) is 5.29. The molecule has 88 valence electrons. The number of nitrogens with two attached hydrogens (primary N) is 1. The second-order valence-electron chi connectivity index (χ2n) is 3.47. The summed E-state index contributed by atoms with van der Waals surface area (Å²) in [5.74, 6) is -0.866. The van der Waals surface area contributed by atoms with Gasteiger partial charge in [-0.2, -0.15) is 0 Å². The van der Waals surface area contributed by atoms with Crippen LogP contribution in [0.3, 0.4) is 0 Å². The third-order valence-corrected chi connectivity index (χ3v) is 3.24. The molecule has 0 atom stereocenters. The fourth-order valence-corrected chi connectivity index (χ4v) is 2.19. The summed E-state index contributed by atoms with van der Waals surface area (Å²) in [4.78, 5) is -0.414. The van der Waals surface area contributed by atoms with Crippen molar-refractivity contribution in [3.8, 4) is 0 Å². The Kier molecular flexibility index (Phi) is 3.66. The maximum Gasteiger partial charge on any atom is 0.243 e. The molecule has 1 aromatic carbocycles. The molecule has 0 spiro atoms. The van der Waals surface area contributed by atoms with Crippen LogP contribution in [0.25, 0.3) is 0 Å². The zero-order valence-corrected chi connectivity index (χ0v) is 9.64. The first-order chi connectivity index (χ1) is 7.33. The largest absolute Gasteiger partial charge is 0.399 e. The summed E-state index contributed by atoms with van der Waals surface area (Å²) in [5.41, 5.74) is 6.14. The van der Waals surface area contributed by atoms with Gasteiger partial charge < -0.3 is 5.73 Å². The van der Waals surface area contributed by atoms with E-state index < -0.39 is 20.7 Å². The molecule has 0 aliphatic carbocycles. The van der Waals surface area contributed by atoms with Crippen LogP contribution in [0.5, 0.6) is 0 Å². The van der Waals surface area contributed by atoms with Crippen LogP contribution in [-0.2, 0) is 10.0 Å². The Bertz CT molecular complexity index is 512. The fraction of sp³-hybridized carbons (Fsp3) is 0.200. The third-order valence-electron chi connectivity index (χ3n) is 1.81. The van der Waals surface area contributed by atoms with Gasteiger partial charge in [-0.05, 0) is 25.1 Å². The first-order valence-corrected chi connectivity index (χ1v) is 6.00. The summed E-state index contributed by atoms with van der Waals surface area (Å²) in [6.07, 6.45) is 0. The maximum atomic E-state index is 13.3. The van der Waals surface area contributed by atoms with Gasteiger partial charge in [0.1, 0.15) is 10.7 Å². The number of nitrogen functional groups attached to an aromatic ring is 1. The topological polar surface area (TPSA) is 72.2 Å². The molecule has 3 N–H and O–H groups in total. The van der Waals surface area contributed by atoms with Crippen molar-refractivity contribution >= 4 is 15.7 Å².